The summed E-state index contributed by atoms with van der Waals surface area (Å²) in [6.07, 6.45) is 1.34. The van der Waals surface area contributed by atoms with Crippen molar-refractivity contribution in [3.8, 4) is 0 Å². The number of anilines is 1. The number of ketones is 1. The Morgan fingerprint density at radius 2 is 1.95 bits per heavy atom. The zero-order chi connectivity index (χ0) is 15.1. The van der Waals surface area contributed by atoms with Gasteiger partial charge in [0.05, 0.1) is 0 Å². The first kappa shape index (κ1) is 15.2. The smallest absolute Gasteiger partial charge is 0.223 e. The van der Waals surface area contributed by atoms with Crippen LogP contribution in [-0.4, -0.2) is 18.2 Å². The average molecular weight is 338 g/mol. The molecule has 0 radical (unpaired) electrons. The first-order valence-corrected chi connectivity index (χ1v) is 7.62. The molecule has 1 aliphatic rings. The van der Waals surface area contributed by atoms with E-state index in [2.05, 4.69) is 15.9 Å². The molecule has 0 saturated heterocycles. The Hall–Kier alpha value is -1.16. The number of halogens is 1. The van der Waals surface area contributed by atoms with Gasteiger partial charge in [-0.15, -0.1) is 0 Å². The molecular formula is C16H20BrNO2. The predicted molar refractivity (Wildman–Crippen MR) is 84.3 cm³/mol. The van der Waals surface area contributed by atoms with E-state index in [-0.39, 0.29) is 17.1 Å². The van der Waals surface area contributed by atoms with Crippen molar-refractivity contribution in [3.05, 3.63) is 27.7 Å². The molecule has 1 amide bonds. The summed E-state index contributed by atoms with van der Waals surface area (Å²) in [6, 6.07) is 3.84. The largest absolute Gasteiger partial charge is 0.312 e. The van der Waals surface area contributed by atoms with Gasteiger partial charge in [0.15, 0.2) is 5.78 Å². The number of rotatable bonds is 2. The number of carbonyl (C=O) groups is 2. The van der Waals surface area contributed by atoms with Crippen molar-refractivity contribution < 1.29 is 9.59 Å². The van der Waals surface area contributed by atoms with Crippen LogP contribution < -0.4 is 4.90 Å². The van der Waals surface area contributed by atoms with E-state index in [9.17, 15) is 9.59 Å². The third kappa shape index (κ3) is 3.11. The summed E-state index contributed by atoms with van der Waals surface area (Å²) in [5, 5.41) is 0. The first-order valence-electron chi connectivity index (χ1n) is 6.83. The van der Waals surface area contributed by atoms with E-state index in [1.165, 1.54) is 0 Å². The Morgan fingerprint density at radius 1 is 1.30 bits per heavy atom. The summed E-state index contributed by atoms with van der Waals surface area (Å²) < 4.78 is 0.830. The van der Waals surface area contributed by atoms with Crippen molar-refractivity contribution in [1.29, 1.82) is 0 Å². The Labute approximate surface area is 128 Å². The van der Waals surface area contributed by atoms with Crippen molar-refractivity contribution in [3.63, 3.8) is 0 Å². The molecule has 20 heavy (non-hydrogen) atoms. The van der Waals surface area contributed by atoms with Crippen molar-refractivity contribution in [2.75, 3.05) is 11.4 Å². The molecule has 0 N–H and O–H groups in total. The maximum atomic E-state index is 12.4. The normalized spacial score (nSPS) is 14.3. The monoisotopic (exact) mass is 337 g/mol. The fourth-order valence-corrected chi connectivity index (χ4v) is 3.14. The molecule has 0 atom stereocenters. The molecule has 0 spiro atoms. The summed E-state index contributed by atoms with van der Waals surface area (Å²) in [7, 11) is 0. The predicted octanol–water partition coefficient (Wildman–Crippen LogP) is 3.98. The highest BCUT2D eigenvalue weighted by Crippen LogP contribution is 2.35. The molecule has 1 heterocycles. The van der Waals surface area contributed by atoms with E-state index in [1.807, 2.05) is 32.9 Å². The lowest BCUT2D eigenvalue weighted by Gasteiger charge is -2.19. The van der Waals surface area contributed by atoms with Crippen molar-refractivity contribution >= 4 is 33.3 Å². The second kappa shape index (κ2) is 5.32. The quantitative estimate of drug-likeness (QED) is 0.765. The van der Waals surface area contributed by atoms with E-state index in [1.54, 1.807) is 11.8 Å². The Balaban J connectivity index is 2.39. The molecule has 3 nitrogen and oxygen atoms in total. The van der Waals surface area contributed by atoms with Gasteiger partial charge < -0.3 is 4.90 Å². The molecule has 1 aromatic rings. The first-order chi connectivity index (χ1) is 9.19. The zero-order valence-electron chi connectivity index (χ0n) is 12.4. The third-order valence-corrected chi connectivity index (χ3v) is 4.09. The molecule has 0 aliphatic carbocycles. The summed E-state index contributed by atoms with van der Waals surface area (Å²) in [5.74, 6) is 0.142. The molecule has 1 aromatic carbocycles. The van der Waals surface area contributed by atoms with Crippen molar-refractivity contribution in [2.45, 2.75) is 40.5 Å². The van der Waals surface area contributed by atoms with Gasteiger partial charge in [-0.2, -0.15) is 0 Å². The number of fused-ring (bicyclic) bond motifs is 1. The van der Waals surface area contributed by atoms with Crippen LogP contribution in [0.25, 0.3) is 0 Å². The number of hydrogen-bond donors (Lipinski definition) is 0. The maximum absolute atomic E-state index is 12.4. The summed E-state index contributed by atoms with van der Waals surface area (Å²) >= 11 is 3.49. The second-order valence-corrected chi connectivity index (χ2v) is 7.40. The van der Waals surface area contributed by atoms with Gasteiger partial charge in [0, 0.05) is 35.6 Å². The number of amides is 1. The minimum Gasteiger partial charge on any atom is -0.312 e. The topological polar surface area (TPSA) is 37.4 Å². The molecule has 108 valence electrons. The van der Waals surface area contributed by atoms with Crippen LogP contribution in [-0.2, 0) is 11.2 Å². The fourth-order valence-electron chi connectivity index (χ4n) is 2.52. The zero-order valence-corrected chi connectivity index (χ0v) is 14.0. The molecule has 0 unspecified atom stereocenters. The number of Topliss-reactive ketones (excluding diaryl/α,β-unsaturated/α-hetero) is 1. The number of nitrogens with zero attached hydrogens (tertiary/aromatic N) is 1. The van der Waals surface area contributed by atoms with Gasteiger partial charge in [0.2, 0.25) is 5.91 Å². The molecule has 0 fully saturated rings. The number of hydrogen-bond acceptors (Lipinski definition) is 2. The molecule has 0 bridgehead atoms. The van der Waals surface area contributed by atoms with E-state index in [0.717, 1.165) is 22.1 Å². The van der Waals surface area contributed by atoms with Crippen LogP contribution >= 0.6 is 15.9 Å². The Morgan fingerprint density at radius 3 is 2.50 bits per heavy atom. The Kier molecular flexibility index (Phi) is 4.05. The van der Waals surface area contributed by atoms with E-state index >= 15 is 0 Å². The van der Waals surface area contributed by atoms with Crippen LogP contribution in [0, 0.1) is 5.41 Å². The van der Waals surface area contributed by atoms with Crippen LogP contribution in [0.1, 0.15) is 50.0 Å². The van der Waals surface area contributed by atoms with Crippen LogP contribution in [0.5, 0.6) is 0 Å². The SMILES string of the molecule is CC(=O)N1CCc2cc(Br)c(C(=O)CC(C)(C)C)cc21. The van der Waals surface area contributed by atoms with Crippen molar-refractivity contribution in [2.24, 2.45) is 5.41 Å². The number of benzene rings is 1. The van der Waals surface area contributed by atoms with Gasteiger partial charge in [0.25, 0.3) is 0 Å². The van der Waals surface area contributed by atoms with Crippen molar-refractivity contribution in [1.82, 2.24) is 0 Å². The molecule has 2 rings (SSSR count). The third-order valence-electron chi connectivity index (χ3n) is 3.44. The maximum Gasteiger partial charge on any atom is 0.223 e. The summed E-state index contributed by atoms with van der Waals surface area (Å²) in [5.41, 5.74) is 2.64. The second-order valence-electron chi connectivity index (χ2n) is 6.54. The van der Waals surface area contributed by atoms with Crippen LogP contribution in [0.15, 0.2) is 16.6 Å². The molecule has 1 aliphatic heterocycles. The fraction of sp³-hybridized carbons (Fsp3) is 0.500. The van der Waals surface area contributed by atoms with Crippen LogP contribution in [0.3, 0.4) is 0 Å². The lowest BCUT2D eigenvalue weighted by Crippen LogP contribution is -2.26. The minimum atomic E-state index is -0.0458. The lowest BCUT2D eigenvalue weighted by atomic mass is 9.87. The Bertz CT molecular complexity index is 573. The van der Waals surface area contributed by atoms with Gasteiger partial charge in [-0.3, -0.25) is 9.59 Å². The molecule has 0 saturated carbocycles. The highest BCUT2D eigenvalue weighted by Gasteiger charge is 2.26. The highest BCUT2D eigenvalue weighted by molar-refractivity contribution is 9.10. The van der Waals surface area contributed by atoms with Gasteiger partial charge in [-0.25, -0.2) is 0 Å². The molecular weight excluding hydrogens is 318 g/mol. The van der Waals surface area contributed by atoms with Gasteiger partial charge in [0.1, 0.15) is 0 Å². The van der Waals surface area contributed by atoms with E-state index in [4.69, 9.17) is 0 Å². The summed E-state index contributed by atoms with van der Waals surface area (Å²) in [6.45, 7) is 8.41. The summed E-state index contributed by atoms with van der Waals surface area (Å²) in [4.78, 5) is 25.8. The molecule has 4 heteroatoms. The number of carbonyl (C=O) groups excluding carboxylic acids is 2. The average Bonchev–Trinajstić information content (AvgIpc) is 2.67. The molecule has 0 aromatic heterocycles. The minimum absolute atomic E-state index is 0.0280. The van der Waals surface area contributed by atoms with Gasteiger partial charge >= 0.3 is 0 Å². The van der Waals surface area contributed by atoms with E-state index in [0.29, 0.717) is 18.5 Å². The highest BCUT2D eigenvalue weighted by atomic mass is 79.9. The standard InChI is InChI=1S/C16H20BrNO2/c1-10(19)18-6-5-11-7-13(17)12(8-14(11)18)15(20)9-16(2,3)4/h7-8H,5-6,9H2,1-4H3. The van der Waals surface area contributed by atoms with Crippen LogP contribution in [0.2, 0.25) is 0 Å². The van der Waals surface area contributed by atoms with Crippen LogP contribution in [0.4, 0.5) is 5.69 Å². The van der Waals surface area contributed by atoms with Gasteiger partial charge in [-0.05, 0) is 29.5 Å². The van der Waals surface area contributed by atoms with Gasteiger partial charge in [-0.1, -0.05) is 36.7 Å². The lowest BCUT2D eigenvalue weighted by molar-refractivity contribution is -0.116. The van der Waals surface area contributed by atoms with E-state index < -0.39 is 0 Å².